The number of likely N-dealkylation sites (tertiary alicyclic amines) is 1. The van der Waals surface area contributed by atoms with Gasteiger partial charge >= 0.3 is 0 Å². The molecule has 0 spiro atoms. The molecule has 2 N–H and O–H groups in total. The molecule has 0 radical (unpaired) electrons. The maximum absolute atomic E-state index is 10.2. The Kier molecular flexibility index (Phi) is 6.70. The number of nitrogens with two attached hydrogens (primary N) is 1. The summed E-state index contributed by atoms with van der Waals surface area (Å²) in [6.45, 7) is 2.47. The fraction of sp³-hybridized carbons (Fsp3) is 0.875. The smallest absolute Gasteiger partial charge is 0.209 e. The third kappa shape index (κ3) is 4.31. The highest BCUT2D eigenvalue weighted by Gasteiger charge is 2.18. The van der Waals surface area contributed by atoms with Gasteiger partial charge in [0.25, 0.3) is 0 Å². The van der Waals surface area contributed by atoms with Crippen molar-refractivity contribution in [2.75, 3.05) is 33.9 Å². The number of ether oxygens (including phenoxy) is 1. The van der Waals surface area contributed by atoms with E-state index in [4.69, 9.17) is 5.73 Å². The highest BCUT2D eigenvalue weighted by molar-refractivity contribution is 5.47. The van der Waals surface area contributed by atoms with E-state index in [2.05, 4.69) is 4.74 Å². The van der Waals surface area contributed by atoms with Crippen LogP contribution in [0.1, 0.15) is 6.42 Å². The molecule has 1 saturated heterocycles. The normalized spacial score (nSPS) is 21.6. The average molecular weight is 174 g/mol. The molecule has 0 saturated carbocycles. The molecular formula is C8H18N2O2. The number of amides is 1. The number of hydrogen-bond acceptors (Lipinski definition) is 3. The van der Waals surface area contributed by atoms with Crippen LogP contribution in [-0.2, 0) is 9.53 Å². The van der Waals surface area contributed by atoms with Crippen LogP contribution in [0.5, 0.6) is 0 Å². The molecule has 0 bridgehead atoms. The molecule has 0 aromatic carbocycles. The summed E-state index contributed by atoms with van der Waals surface area (Å²) in [5.41, 5.74) is 5.41. The van der Waals surface area contributed by atoms with Crippen molar-refractivity contribution in [3.8, 4) is 0 Å². The number of carbonyl (C=O) groups excluding carboxylic acids is 1. The van der Waals surface area contributed by atoms with Gasteiger partial charge in [-0.2, -0.15) is 0 Å². The number of rotatable bonds is 2. The third-order valence-corrected chi connectivity index (χ3v) is 1.80. The minimum atomic E-state index is 0.551. The molecule has 1 atom stereocenters. The maximum atomic E-state index is 10.2. The minimum absolute atomic E-state index is 0.551. The highest BCUT2D eigenvalue weighted by Crippen LogP contribution is 2.11. The van der Waals surface area contributed by atoms with E-state index in [1.807, 2.05) is 0 Å². The van der Waals surface area contributed by atoms with E-state index in [1.165, 1.54) is 0 Å². The molecule has 1 rings (SSSR count). The van der Waals surface area contributed by atoms with Crippen molar-refractivity contribution in [3.63, 3.8) is 0 Å². The topological polar surface area (TPSA) is 55.6 Å². The first-order valence-electron chi connectivity index (χ1n) is 4.08. The van der Waals surface area contributed by atoms with Gasteiger partial charge in [0.2, 0.25) is 6.41 Å². The zero-order valence-corrected chi connectivity index (χ0v) is 7.82. The second-order valence-electron chi connectivity index (χ2n) is 2.90. The van der Waals surface area contributed by atoms with E-state index in [9.17, 15) is 4.79 Å². The lowest BCUT2D eigenvalue weighted by Gasteiger charge is -2.06. The predicted octanol–water partition coefficient (Wildman–Crippen LogP) is -0.314. The zero-order chi connectivity index (χ0) is 9.40. The van der Waals surface area contributed by atoms with E-state index in [0.29, 0.717) is 12.5 Å². The van der Waals surface area contributed by atoms with Crippen LogP contribution < -0.4 is 5.73 Å². The Labute approximate surface area is 73.7 Å². The number of hydrogen-bond donors (Lipinski definition) is 1. The highest BCUT2D eigenvalue weighted by atomic mass is 16.4. The first-order valence-corrected chi connectivity index (χ1v) is 4.08. The maximum Gasteiger partial charge on any atom is 0.209 e. The van der Waals surface area contributed by atoms with Crippen LogP contribution in [-0.4, -0.2) is 45.2 Å². The molecule has 0 aromatic heterocycles. The monoisotopic (exact) mass is 174 g/mol. The zero-order valence-electron chi connectivity index (χ0n) is 7.82. The quantitative estimate of drug-likeness (QED) is 0.584. The van der Waals surface area contributed by atoms with Crippen LogP contribution >= 0.6 is 0 Å². The summed E-state index contributed by atoms with van der Waals surface area (Å²) in [4.78, 5) is 11.9. The molecule has 1 aliphatic rings. The van der Waals surface area contributed by atoms with E-state index < -0.39 is 0 Å². The van der Waals surface area contributed by atoms with Gasteiger partial charge in [-0.1, -0.05) is 0 Å². The standard InChI is InChI=1S/C6H12N2O.C2H6O/c7-3-6-1-2-8(4-6)5-9;1-3-2/h5-6H,1-4,7H2;1-2H3. The van der Waals surface area contributed by atoms with Crippen LogP contribution in [0.4, 0.5) is 0 Å². The van der Waals surface area contributed by atoms with Gasteiger partial charge in [0, 0.05) is 27.3 Å². The van der Waals surface area contributed by atoms with Gasteiger partial charge in [-0.05, 0) is 18.9 Å². The molecule has 1 aliphatic heterocycles. The molecule has 1 unspecified atom stereocenters. The van der Waals surface area contributed by atoms with Crippen LogP contribution in [0, 0.1) is 5.92 Å². The molecule has 0 aromatic rings. The number of nitrogens with zero attached hydrogens (tertiary/aromatic N) is 1. The van der Waals surface area contributed by atoms with Crippen molar-refractivity contribution in [2.45, 2.75) is 6.42 Å². The van der Waals surface area contributed by atoms with Gasteiger partial charge in [0.05, 0.1) is 0 Å². The van der Waals surface area contributed by atoms with Crippen molar-refractivity contribution in [3.05, 3.63) is 0 Å². The van der Waals surface area contributed by atoms with Crippen molar-refractivity contribution >= 4 is 6.41 Å². The lowest BCUT2D eigenvalue weighted by atomic mass is 10.1. The molecule has 1 amide bonds. The predicted molar refractivity (Wildman–Crippen MR) is 47.7 cm³/mol. The molecule has 4 nitrogen and oxygen atoms in total. The molecule has 4 heteroatoms. The Morgan fingerprint density at radius 1 is 1.67 bits per heavy atom. The summed E-state index contributed by atoms with van der Waals surface area (Å²) < 4.78 is 4.25. The SMILES string of the molecule is COC.NCC1CCN(C=O)C1. The van der Waals surface area contributed by atoms with Crippen molar-refractivity contribution in [1.29, 1.82) is 0 Å². The van der Waals surface area contributed by atoms with Gasteiger partial charge in [-0.25, -0.2) is 0 Å². The van der Waals surface area contributed by atoms with Gasteiger partial charge in [0.15, 0.2) is 0 Å². The summed E-state index contributed by atoms with van der Waals surface area (Å²) in [6.07, 6.45) is 1.98. The van der Waals surface area contributed by atoms with E-state index in [-0.39, 0.29) is 0 Å². The number of methoxy groups -OCH3 is 1. The molecule has 1 fully saturated rings. The molecule has 1 heterocycles. The molecule has 0 aliphatic carbocycles. The average Bonchev–Trinajstić information content (AvgIpc) is 2.53. The second-order valence-corrected chi connectivity index (χ2v) is 2.90. The fourth-order valence-electron chi connectivity index (χ4n) is 1.15. The van der Waals surface area contributed by atoms with Crippen molar-refractivity contribution in [1.82, 2.24) is 4.90 Å². The molecule has 72 valence electrons. The first-order chi connectivity index (χ1) is 5.78. The molecular weight excluding hydrogens is 156 g/mol. The Balaban J connectivity index is 0.000000354. The first kappa shape index (κ1) is 11.4. The van der Waals surface area contributed by atoms with Crippen LogP contribution in [0.25, 0.3) is 0 Å². The van der Waals surface area contributed by atoms with E-state index >= 15 is 0 Å². The second kappa shape index (κ2) is 7.06. The van der Waals surface area contributed by atoms with Gasteiger partial charge < -0.3 is 15.4 Å². The Bertz CT molecular complexity index is 120. The number of carbonyl (C=O) groups is 1. The van der Waals surface area contributed by atoms with E-state index in [1.54, 1.807) is 19.1 Å². The fourth-order valence-corrected chi connectivity index (χ4v) is 1.15. The van der Waals surface area contributed by atoms with Crippen LogP contribution in [0.2, 0.25) is 0 Å². The van der Waals surface area contributed by atoms with Crippen LogP contribution in [0.15, 0.2) is 0 Å². The van der Waals surface area contributed by atoms with Gasteiger partial charge in [0.1, 0.15) is 0 Å². The van der Waals surface area contributed by atoms with Crippen molar-refractivity contribution < 1.29 is 9.53 Å². The Morgan fingerprint density at radius 2 is 2.25 bits per heavy atom. The minimum Gasteiger partial charge on any atom is -0.388 e. The Morgan fingerprint density at radius 3 is 2.50 bits per heavy atom. The third-order valence-electron chi connectivity index (χ3n) is 1.80. The van der Waals surface area contributed by atoms with Gasteiger partial charge in [-0.3, -0.25) is 4.79 Å². The summed E-state index contributed by atoms with van der Waals surface area (Å²) in [5.74, 6) is 0.551. The molecule has 12 heavy (non-hydrogen) atoms. The Hall–Kier alpha value is -0.610. The summed E-state index contributed by atoms with van der Waals surface area (Å²) in [5, 5.41) is 0. The van der Waals surface area contributed by atoms with E-state index in [0.717, 1.165) is 25.9 Å². The van der Waals surface area contributed by atoms with Crippen LogP contribution in [0.3, 0.4) is 0 Å². The summed E-state index contributed by atoms with van der Waals surface area (Å²) >= 11 is 0. The van der Waals surface area contributed by atoms with Crippen molar-refractivity contribution in [2.24, 2.45) is 11.7 Å². The lowest BCUT2D eigenvalue weighted by Crippen LogP contribution is -2.21. The summed E-state index contributed by atoms with van der Waals surface area (Å²) in [6, 6.07) is 0. The largest absolute Gasteiger partial charge is 0.388 e. The van der Waals surface area contributed by atoms with Gasteiger partial charge in [-0.15, -0.1) is 0 Å². The lowest BCUT2D eigenvalue weighted by molar-refractivity contribution is -0.117. The summed E-state index contributed by atoms with van der Waals surface area (Å²) in [7, 11) is 3.25.